The van der Waals surface area contributed by atoms with Crippen LogP contribution in [0.2, 0.25) is 10.0 Å². The molecule has 0 saturated carbocycles. The molecule has 24 heavy (non-hydrogen) atoms. The fraction of sp³-hybridized carbons (Fsp3) is 0.188. The van der Waals surface area contributed by atoms with Gasteiger partial charge in [-0.25, -0.2) is 4.98 Å². The van der Waals surface area contributed by atoms with Crippen LogP contribution in [0.15, 0.2) is 28.2 Å². The maximum absolute atomic E-state index is 12.5. The molecule has 1 aliphatic rings. The number of benzene rings is 1. The summed E-state index contributed by atoms with van der Waals surface area (Å²) < 4.78 is 0. The number of terminal acetylenes is 1. The van der Waals surface area contributed by atoms with Gasteiger partial charge >= 0.3 is 0 Å². The second-order valence-electron chi connectivity index (χ2n) is 5.10. The average molecular weight is 380 g/mol. The van der Waals surface area contributed by atoms with Gasteiger partial charge < -0.3 is 10.3 Å². The van der Waals surface area contributed by atoms with E-state index in [-0.39, 0.29) is 23.7 Å². The van der Waals surface area contributed by atoms with Crippen LogP contribution in [0, 0.1) is 12.3 Å². The Morgan fingerprint density at radius 1 is 1.38 bits per heavy atom. The third kappa shape index (κ3) is 3.29. The van der Waals surface area contributed by atoms with E-state index in [2.05, 4.69) is 21.2 Å². The Labute approximate surface area is 152 Å². The van der Waals surface area contributed by atoms with E-state index >= 15 is 0 Å². The number of hydrogen-bond acceptors (Lipinski definition) is 4. The van der Waals surface area contributed by atoms with E-state index in [9.17, 15) is 9.59 Å². The van der Waals surface area contributed by atoms with Crippen LogP contribution >= 0.6 is 35.0 Å². The number of amides is 1. The maximum Gasteiger partial charge on any atom is 0.257 e. The van der Waals surface area contributed by atoms with Gasteiger partial charge in [-0.1, -0.05) is 47.0 Å². The lowest BCUT2D eigenvalue weighted by molar-refractivity contribution is -0.116. The Bertz CT molecular complexity index is 921. The highest BCUT2D eigenvalue weighted by Gasteiger charge is 2.32. The van der Waals surface area contributed by atoms with Gasteiger partial charge in [-0.2, -0.15) is 0 Å². The van der Waals surface area contributed by atoms with Crippen LogP contribution in [0.3, 0.4) is 0 Å². The van der Waals surface area contributed by atoms with E-state index in [1.54, 1.807) is 18.2 Å². The zero-order valence-corrected chi connectivity index (χ0v) is 14.6. The van der Waals surface area contributed by atoms with Crippen LogP contribution in [0.5, 0.6) is 0 Å². The van der Waals surface area contributed by atoms with Crippen molar-refractivity contribution in [1.82, 2.24) is 9.97 Å². The zero-order chi connectivity index (χ0) is 17.3. The lowest BCUT2D eigenvalue weighted by Crippen LogP contribution is -2.31. The molecule has 3 rings (SSSR count). The van der Waals surface area contributed by atoms with Gasteiger partial charge in [-0.05, 0) is 17.7 Å². The molecule has 0 aliphatic carbocycles. The van der Waals surface area contributed by atoms with Crippen molar-refractivity contribution in [1.29, 1.82) is 0 Å². The highest BCUT2D eigenvalue weighted by atomic mass is 35.5. The first kappa shape index (κ1) is 16.9. The van der Waals surface area contributed by atoms with Crippen molar-refractivity contribution in [3.8, 4) is 12.3 Å². The summed E-state index contributed by atoms with van der Waals surface area (Å²) in [5.41, 5.74) is 0.716. The lowest BCUT2D eigenvalue weighted by Gasteiger charge is -2.25. The molecule has 5 nitrogen and oxygen atoms in total. The van der Waals surface area contributed by atoms with Crippen molar-refractivity contribution in [2.24, 2.45) is 0 Å². The molecule has 0 spiro atoms. The normalized spacial score (nSPS) is 16.2. The molecule has 0 fully saturated rings. The minimum absolute atomic E-state index is 0.107. The van der Waals surface area contributed by atoms with Crippen molar-refractivity contribution >= 4 is 46.7 Å². The fourth-order valence-corrected chi connectivity index (χ4v) is 3.66. The van der Waals surface area contributed by atoms with E-state index in [4.69, 9.17) is 29.6 Å². The Balaban J connectivity index is 2.11. The van der Waals surface area contributed by atoms with Gasteiger partial charge in [0.15, 0.2) is 5.16 Å². The number of aromatic amines is 1. The number of nitrogens with zero attached hydrogens (tertiary/aromatic N) is 1. The van der Waals surface area contributed by atoms with Crippen molar-refractivity contribution in [3.63, 3.8) is 0 Å². The number of aromatic nitrogens is 2. The van der Waals surface area contributed by atoms with Gasteiger partial charge in [0.1, 0.15) is 5.82 Å². The molecule has 2 aromatic rings. The molecule has 1 atom stereocenters. The predicted molar refractivity (Wildman–Crippen MR) is 96.0 cm³/mol. The molecular weight excluding hydrogens is 369 g/mol. The average Bonchev–Trinajstić information content (AvgIpc) is 2.51. The number of rotatable bonds is 3. The van der Waals surface area contributed by atoms with Crippen LogP contribution < -0.4 is 10.9 Å². The van der Waals surface area contributed by atoms with E-state index in [1.807, 2.05) is 0 Å². The molecule has 2 heterocycles. The number of hydrogen-bond donors (Lipinski definition) is 2. The third-order valence-corrected chi connectivity index (χ3v) is 4.90. The van der Waals surface area contributed by atoms with Crippen LogP contribution in [-0.2, 0) is 4.79 Å². The van der Waals surface area contributed by atoms with Crippen molar-refractivity contribution in [2.45, 2.75) is 17.5 Å². The molecule has 0 unspecified atom stereocenters. The van der Waals surface area contributed by atoms with Gasteiger partial charge in [-0.3, -0.25) is 9.59 Å². The first-order valence-corrected chi connectivity index (χ1v) is 8.69. The molecule has 0 saturated heterocycles. The van der Waals surface area contributed by atoms with Gasteiger partial charge in [0, 0.05) is 22.4 Å². The summed E-state index contributed by atoms with van der Waals surface area (Å²) in [5.74, 6) is 2.34. The number of H-pyrrole nitrogens is 1. The third-order valence-electron chi connectivity index (χ3n) is 3.56. The van der Waals surface area contributed by atoms with Gasteiger partial charge in [0.2, 0.25) is 5.91 Å². The zero-order valence-electron chi connectivity index (χ0n) is 12.2. The number of fused-ring (bicyclic) bond motifs is 1. The Morgan fingerprint density at radius 2 is 2.17 bits per heavy atom. The molecular formula is C16H11Cl2N3O2S. The van der Waals surface area contributed by atoms with E-state index < -0.39 is 5.92 Å². The lowest BCUT2D eigenvalue weighted by atomic mass is 9.87. The van der Waals surface area contributed by atoms with Gasteiger partial charge in [-0.15, -0.1) is 6.42 Å². The molecule has 1 aliphatic heterocycles. The van der Waals surface area contributed by atoms with Crippen molar-refractivity contribution in [2.75, 3.05) is 11.1 Å². The van der Waals surface area contributed by atoms with E-state index in [0.717, 1.165) is 0 Å². The minimum Gasteiger partial charge on any atom is -0.310 e. The number of nitrogens with one attached hydrogen (secondary N) is 2. The largest absolute Gasteiger partial charge is 0.310 e. The number of thioether (sulfide) groups is 1. The summed E-state index contributed by atoms with van der Waals surface area (Å²) in [5, 5.41) is 3.89. The van der Waals surface area contributed by atoms with E-state index in [1.165, 1.54) is 11.8 Å². The number of anilines is 1. The summed E-state index contributed by atoms with van der Waals surface area (Å²) in [6, 6.07) is 4.98. The van der Waals surface area contributed by atoms with Crippen LogP contribution in [-0.4, -0.2) is 21.6 Å². The highest BCUT2D eigenvalue weighted by molar-refractivity contribution is 7.99. The molecule has 122 valence electrons. The SMILES string of the molecule is C#CCSc1nc2c(c(=O)[nH]1)[C@H](c1ccc(Cl)cc1Cl)CC(=O)N2. The van der Waals surface area contributed by atoms with Gasteiger partial charge in [0.25, 0.3) is 5.56 Å². The molecule has 0 bridgehead atoms. The summed E-state index contributed by atoms with van der Waals surface area (Å²) in [6.45, 7) is 0. The Kier molecular flexibility index (Phi) is 4.86. The second kappa shape index (κ2) is 6.89. The summed E-state index contributed by atoms with van der Waals surface area (Å²) in [7, 11) is 0. The monoisotopic (exact) mass is 379 g/mol. The molecule has 0 radical (unpaired) electrons. The van der Waals surface area contributed by atoms with Gasteiger partial charge in [0.05, 0.1) is 11.3 Å². The predicted octanol–water partition coefficient (Wildman–Crippen LogP) is 3.28. The molecule has 1 aromatic heterocycles. The Hall–Kier alpha value is -1.94. The van der Waals surface area contributed by atoms with Crippen molar-refractivity contribution < 1.29 is 4.79 Å². The minimum atomic E-state index is -0.485. The van der Waals surface area contributed by atoms with Crippen LogP contribution in [0.1, 0.15) is 23.5 Å². The smallest absolute Gasteiger partial charge is 0.257 e. The maximum atomic E-state index is 12.5. The van der Waals surface area contributed by atoms with Crippen LogP contribution in [0.4, 0.5) is 5.82 Å². The number of carbonyl (C=O) groups is 1. The molecule has 2 N–H and O–H groups in total. The van der Waals surface area contributed by atoms with E-state index in [0.29, 0.717) is 32.1 Å². The first-order chi connectivity index (χ1) is 11.5. The summed E-state index contributed by atoms with van der Waals surface area (Å²) in [4.78, 5) is 31.6. The topological polar surface area (TPSA) is 74.8 Å². The molecule has 1 aromatic carbocycles. The Morgan fingerprint density at radius 3 is 2.88 bits per heavy atom. The molecule has 1 amide bonds. The highest BCUT2D eigenvalue weighted by Crippen LogP contribution is 2.38. The van der Waals surface area contributed by atoms with Crippen LogP contribution in [0.25, 0.3) is 0 Å². The number of halogens is 2. The molecule has 8 heteroatoms. The second-order valence-corrected chi connectivity index (χ2v) is 6.90. The van der Waals surface area contributed by atoms with Crippen molar-refractivity contribution in [3.05, 3.63) is 49.7 Å². The first-order valence-electron chi connectivity index (χ1n) is 6.95. The summed E-state index contributed by atoms with van der Waals surface area (Å²) >= 11 is 13.4. The standard InChI is InChI=1S/C16H11Cl2N3O2S/c1-2-5-24-16-20-14-13(15(23)21-16)10(7-12(22)19-14)9-4-3-8(17)6-11(9)18/h1,3-4,6,10H,5,7H2,(H2,19,20,21,22,23)/t10-/m0/s1. The number of carbonyl (C=O) groups excluding carboxylic acids is 1. The summed E-state index contributed by atoms with van der Waals surface area (Å²) in [6.07, 6.45) is 5.32. The quantitative estimate of drug-likeness (QED) is 0.487. The fourth-order valence-electron chi connectivity index (χ4n) is 2.58.